The van der Waals surface area contributed by atoms with Crippen molar-refractivity contribution in [3.05, 3.63) is 0 Å². The minimum absolute atomic E-state index is 0.00639. The van der Waals surface area contributed by atoms with Crippen LogP contribution in [-0.2, 0) is 22.1 Å². The Labute approximate surface area is 114 Å². The molecule has 0 amide bonds. The molecule has 0 heterocycles. The third-order valence-corrected chi connectivity index (χ3v) is 14.3. The average Bonchev–Trinajstić information content (AvgIpc) is 2.35. The molecule has 0 saturated carbocycles. The van der Waals surface area contributed by atoms with Gasteiger partial charge < -0.3 is 22.1 Å². The van der Waals surface area contributed by atoms with Gasteiger partial charge in [-0.1, -0.05) is 29.5 Å². The third kappa shape index (κ3) is 3.04. The molecule has 0 spiro atoms. The Balaban J connectivity index is 5.16. The molecule has 98 valence electrons. The first-order valence-corrected chi connectivity index (χ1v) is 10.3. The molecule has 16 heavy (non-hydrogen) atoms. The first-order valence-electron chi connectivity index (χ1n) is 4.84. The fraction of sp³-hybridized carbons (Fsp3) is 1.00. The van der Waals surface area contributed by atoms with E-state index in [1.807, 2.05) is 6.92 Å². The van der Waals surface area contributed by atoms with Crippen molar-refractivity contribution in [2.75, 3.05) is 39.6 Å². The highest BCUT2D eigenvalue weighted by Gasteiger charge is 2.58. The second-order valence-electron chi connectivity index (χ2n) is 3.29. The lowest BCUT2D eigenvalue weighted by Gasteiger charge is -2.38. The maximum atomic E-state index is 5.61. The number of rotatable bonds is 8. The van der Waals surface area contributed by atoms with Crippen LogP contribution < -0.4 is 0 Å². The molecule has 0 aromatic carbocycles. The molecule has 1 unspecified atom stereocenters. The first kappa shape index (κ1) is 17.0. The summed E-state index contributed by atoms with van der Waals surface area (Å²) < 4.78 is 28.4. The molecule has 0 aliphatic heterocycles. The van der Waals surface area contributed by atoms with Gasteiger partial charge in [-0.15, -0.1) is 0 Å². The Bertz CT molecular complexity index is 162. The minimum atomic E-state index is -2.71. The van der Waals surface area contributed by atoms with Gasteiger partial charge in [0, 0.05) is 39.6 Å². The normalized spacial score (nSPS) is 15.2. The van der Waals surface area contributed by atoms with Crippen molar-refractivity contribution in [2.24, 2.45) is 0 Å². The van der Waals surface area contributed by atoms with Gasteiger partial charge in [0.05, 0.1) is 5.16 Å². The summed E-state index contributed by atoms with van der Waals surface area (Å²) in [4.78, 5) is 0. The van der Waals surface area contributed by atoms with Crippen LogP contribution in [0.4, 0.5) is 0 Å². The summed E-state index contributed by atoms with van der Waals surface area (Å²) in [6.45, 7) is 2.01. The minimum Gasteiger partial charge on any atom is -0.397 e. The molecule has 0 radical (unpaired) electrons. The quantitative estimate of drug-likeness (QED) is 0.363. The molecule has 5 nitrogen and oxygen atoms in total. The Hall–Kier alpha value is 0.964. The molecule has 8 heteroatoms. The fourth-order valence-corrected chi connectivity index (χ4v) is 13.9. The lowest BCUT2D eigenvalue weighted by atomic mass is 10.9. The number of alkyl halides is 1. The standard InChI is InChI=1S/C8H21IO5Si2/c1-8(15(7-9,10-2)11-3)16(12-4,13-5)14-6/h8H,7H2,1-6H3. The van der Waals surface area contributed by atoms with Crippen molar-refractivity contribution < 1.29 is 22.1 Å². The largest absolute Gasteiger partial charge is 0.505 e. The van der Waals surface area contributed by atoms with Gasteiger partial charge in [-0.2, -0.15) is 0 Å². The van der Waals surface area contributed by atoms with Crippen LogP contribution in [-0.4, -0.2) is 57.0 Å². The summed E-state index contributed by atoms with van der Waals surface area (Å²) in [5.41, 5.74) is 0. The van der Waals surface area contributed by atoms with E-state index in [0.717, 1.165) is 4.05 Å². The number of hydrogen-bond acceptors (Lipinski definition) is 5. The van der Waals surface area contributed by atoms with Crippen molar-refractivity contribution in [3.63, 3.8) is 0 Å². The van der Waals surface area contributed by atoms with Crippen LogP contribution in [0.3, 0.4) is 0 Å². The van der Waals surface area contributed by atoms with Crippen LogP contribution in [0.25, 0.3) is 0 Å². The first-order chi connectivity index (χ1) is 7.52. The molecule has 0 saturated heterocycles. The van der Waals surface area contributed by atoms with Crippen molar-refractivity contribution >= 4 is 40.0 Å². The van der Waals surface area contributed by atoms with E-state index in [1.54, 1.807) is 35.5 Å². The molecule has 0 aliphatic rings. The van der Waals surface area contributed by atoms with Crippen LogP contribution in [0.5, 0.6) is 0 Å². The summed E-state index contributed by atoms with van der Waals surface area (Å²) in [5, 5.41) is 0.00639. The topological polar surface area (TPSA) is 46.2 Å². The zero-order chi connectivity index (χ0) is 12.8. The van der Waals surface area contributed by atoms with Gasteiger partial charge in [0.25, 0.3) is 0 Å². The van der Waals surface area contributed by atoms with Crippen LogP contribution in [0.15, 0.2) is 0 Å². The van der Waals surface area contributed by atoms with E-state index in [2.05, 4.69) is 22.6 Å². The average molecular weight is 380 g/mol. The highest BCUT2D eigenvalue weighted by molar-refractivity contribution is 14.1. The molecular weight excluding hydrogens is 359 g/mol. The fourth-order valence-electron chi connectivity index (χ4n) is 1.71. The summed E-state index contributed by atoms with van der Waals surface area (Å²) in [6, 6.07) is 0. The predicted molar refractivity (Wildman–Crippen MR) is 74.9 cm³/mol. The van der Waals surface area contributed by atoms with E-state index in [1.165, 1.54) is 0 Å². The van der Waals surface area contributed by atoms with Gasteiger partial charge in [0.2, 0.25) is 0 Å². The molecular formula is C8H21IO5Si2. The van der Waals surface area contributed by atoms with Crippen LogP contribution >= 0.6 is 22.6 Å². The summed E-state index contributed by atoms with van der Waals surface area (Å²) >= 11 is 2.27. The van der Waals surface area contributed by atoms with Crippen LogP contribution in [0.2, 0.25) is 5.16 Å². The predicted octanol–water partition coefficient (Wildman–Crippen LogP) is 1.50. The Kier molecular flexibility index (Phi) is 7.86. The highest BCUT2D eigenvalue weighted by atomic mass is 127. The summed E-state index contributed by atoms with van der Waals surface area (Å²) in [7, 11) is 3.10. The molecule has 0 aromatic rings. The van der Waals surface area contributed by atoms with E-state index in [4.69, 9.17) is 22.1 Å². The zero-order valence-corrected chi connectivity index (χ0v) is 14.9. The van der Waals surface area contributed by atoms with Gasteiger partial charge in [-0.3, -0.25) is 0 Å². The molecule has 0 aliphatic carbocycles. The van der Waals surface area contributed by atoms with Gasteiger partial charge in [0.1, 0.15) is 0 Å². The van der Waals surface area contributed by atoms with E-state index >= 15 is 0 Å². The van der Waals surface area contributed by atoms with Crippen LogP contribution in [0, 0.1) is 0 Å². The Morgan fingerprint density at radius 2 is 1.25 bits per heavy atom. The molecule has 0 fully saturated rings. The number of hydrogen-bond donors (Lipinski definition) is 0. The van der Waals surface area contributed by atoms with Crippen molar-refractivity contribution in [3.8, 4) is 0 Å². The van der Waals surface area contributed by atoms with E-state index in [0.29, 0.717) is 0 Å². The molecule has 0 rings (SSSR count). The van der Waals surface area contributed by atoms with E-state index in [-0.39, 0.29) is 5.16 Å². The molecule has 0 N–H and O–H groups in total. The SMILES string of the molecule is CO[Si](CI)(OC)C(C)[Si](OC)(OC)OC. The van der Waals surface area contributed by atoms with Crippen molar-refractivity contribution in [1.82, 2.24) is 0 Å². The van der Waals surface area contributed by atoms with Crippen LogP contribution in [0.1, 0.15) is 6.92 Å². The van der Waals surface area contributed by atoms with E-state index in [9.17, 15) is 0 Å². The zero-order valence-electron chi connectivity index (χ0n) is 10.7. The van der Waals surface area contributed by atoms with Gasteiger partial charge in [-0.05, 0) is 0 Å². The Morgan fingerprint density at radius 3 is 1.44 bits per heavy atom. The molecule has 1 atom stereocenters. The summed E-state index contributed by atoms with van der Waals surface area (Å²) in [6.07, 6.45) is 0. The second kappa shape index (κ2) is 7.41. The summed E-state index contributed by atoms with van der Waals surface area (Å²) in [5.74, 6) is 0. The number of halogens is 1. The monoisotopic (exact) mass is 380 g/mol. The maximum absolute atomic E-state index is 5.61. The van der Waals surface area contributed by atoms with Gasteiger partial charge >= 0.3 is 17.4 Å². The highest BCUT2D eigenvalue weighted by Crippen LogP contribution is 2.34. The Morgan fingerprint density at radius 1 is 0.875 bits per heavy atom. The molecule has 0 aromatic heterocycles. The lowest BCUT2D eigenvalue weighted by molar-refractivity contribution is 0.112. The van der Waals surface area contributed by atoms with Crippen molar-refractivity contribution in [2.45, 2.75) is 12.1 Å². The van der Waals surface area contributed by atoms with Gasteiger partial charge in [0.15, 0.2) is 0 Å². The third-order valence-electron chi connectivity index (χ3n) is 2.92. The van der Waals surface area contributed by atoms with Gasteiger partial charge in [-0.25, -0.2) is 0 Å². The maximum Gasteiger partial charge on any atom is 0.505 e. The molecule has 0 bridgehead atoms. The smallest absolute Gasteiger partial charge is 0.397 e. The second-order valence-corrected chi connectivity index (χ2v) is 13.0. The lowest BCUT2D eigenvalue weighted by Crippen LogP contribution is -2.61. The van der Waals surface area contributed by atoms with Crippen molar-refractivity contribution in [1.29, 1.82) is 0 Å². The van der Waals surface area contributed by atoms with E-state index < -0.39 is 17.4 Å².